The standard InChI is InChI=1S/C18H17N3O4S/c1-13-7-9-14(10-8-13)11-16(22)19-18-21-20-17(25-18)12-26(23,24)15-5-3-2-4-6-15/h2-10H,11-12H2,1H3,(H,19,21,22). The highest BCUT2D eigenvalue weighted by Gasteiger charge is 2.20. The van der Waals surface area contributed by atoms with Crippen LogP contribution in [0.1, 0.15) is 17.0 Å². The normalized spacial score (nSPS) is 11.3. The van der Waals surface area contributed by atoms with Crippen molar-refractivity contribution in [2.45, 2.75) is 24.0 Å². The largest absolute Gasteiger partial charge is 0.407 e. The van der Waals surface area contributed by atoms with Crippen molar-refractivity contribution in [3.63, 3.8) is 0 Å². The minimum atomic E-state index is -3.59. The van der Waals surface area contributed by atoms with E-state index in [-0.39, 0.29) is 29.1 Å². The maximum absolute atomic E-state index is 12.3. The van der Waals surface area contributed by atoms with E-state index in [1.54, 1.807) is 18.2 Å². The molecule has 1 N–H and O–H groups in total. The van der Waals surface area contributed by atoms with Gasteiger partial charge in [0.15, 0.2) is 9.84 Å². The van der Waals surface area contributed by atoms with E-state index in [0.29, 0.717) is 0 Å². The minimum absolute atomic E-state index is 0.0838. The predicted octanol–water partition coefficient (Wildman–Crippen LogP) is 2.53. The number of anilines is 1. The van der Waals surface area contributed by atoms with Crippen molar-refractivity contribution in [3.05, 3.63) is 71.6 Å². The van der Waals surface area contributed by atoms with Crippen molar-refractivity contribution in [3.8, 4) is 0 Å². The summed E-state index contributed by atoms with van der Waals surface area (Å²) in [5.74, 6) is -0.841. The van der Waals surface area contributed by atoms with Gasteiger partial charge in [0, 0.05) is 0 Å². The molecule has 7 nitrogen and oxygen atoms in total. The van der Waals surface area contributed by atoms with Gasteiger partial charge in [-0.2, -0.15) is 0 Å². The molecule has 0 unspecified atom stereocenters. The van der Waals surface area contributed by atoms with Crippen LogP contribution in [0.5, 0.6) is 0 Å². The molecule has 0 bridgehead atoms. The van der Waals surface area contributed by atoms with Gasteiger partial charge in [0.1, 0.15) is 5.75 Å². The number of carbonyl (C=O) groups excluding carboxylic acids is 1. The van der Waals surface area contributed by atoms with Gasteiger partial charge < -0.3 is 4.42 Å². The zero-order chi connectivity index (χ0) is 18.6. The van der Waals surface area contributed by atoms with Gasteiger partial charge in [-0.25, -0.2) is 8.42 Å². The number of aryl methyl sites for hydroxylation is 1. The molecule has 0 aliphatic heterocycles. The van der Waals surface area contributed by atoms with Gasteiger partial charge in [0.25, 0.3) is 0 Å². The van der Waals surface area contributed by atoms with Crippen LogP contribution >= 0.6 is 0 Å². The first-order valence-corrected chi connectivity index (χ1v) is 9.53. The Kier molecular flexibility index (Phi) is 5.13. The Morgan fingerprint density at radius 1 is 1.04 bits per heavy atom. The van der Waals surface area contributed by atoms with E-state index in [0.717, 1.165) is 11.1 Å². The third kappa shape index (κ3) is 4.54. The molecule has 0 atom stereocenters. The van der Waals surface area contributed by atoms with Crippen LogP contribution in [0.3, 0.4) is 0 Å². The number of carbonyl (C=O) groups is 1. The summed E-state index contributed by atoms with van der Waals surface area (Å²) in [4.78, 5) is 12.2. The number of nitrogens with zero attached hydrogens (tertiary/aromatic N) is 2. The van der Waals surface area contributed by atoms with Crippen molar-refractivity contribution >= 4 is 21.8 Å². The van der Waals surface area contributed by atoms with Gasteiger partial charge >= 0.3 is 6.01 Å². The molecule has 26 heavy (non-hydrogen) atoms. The summed E-state index contributed by atoms with van der Waals surface area (Å²) in [5.41, 5.74) is 1.95. The van der Waals surface area contributed by atoms with Gasteiger partial charge in [-0.05, 0) is 24.6 Å². The summed E-state index contributed by atoms with van der Waals surface area (Å²) in [6, 6.07) is 15.4. The number of aromatic nitrogens is 2. The Bertz CT molecular complexity index is 996. The molecule has 1 aromatic heterocycles. The summed E-state index contributed by atoms with van der Waals surface area (Å²) in [6.07, 6.45) is 0.153. The zero-order valence-electron chi connectivity index (χ0n) is 14.0. The van der Waals surface area contributed by atoms with Crippen LogP contribution < -0.4 is 5.32 Å². The molecule has 1 amide bonds. The molecule has 0 aliphatic carbocycles. The lowest BCUT2D eigenvalue weighted by atomic mass is 10.1. The fraction of sp³-hybridized carbons (Fsp3) is 0.167. The lowest BCUT2D eigenvalue weighted by Gasteiger charge is -2.02. The number of hydrogen-bond acceptors (Lipinski definition) is 6. The van der Waals surface area contributed by atoms with Gasteiger partial charge in [-0.1, -0.05) is 53.1 Å². The van der Waals surface area contributed by atoms with Crippen molar-refractivity contribution in [2.75, 3.05) is 5.32 Å². The van der Waals surface area contributed by atoms with Crippen LogP contribution in [0.4, 0.5) is 6.01 Å². The quantitative estimate of drug-likeness (QED) is 0.714. The van der Waals surface area contributed by atoms with Crippen molar-refractivity contribution in [2.24, 2.45) is 0 Å². The summed E-state index contributed by atoms with van der Waals surface area (Å²) in [6.45, 7) is 1.97. The predicted molar refractivity (Wildman–Crippen MR) is 95.1 cm³/mol. The Morgan fingerprint density at radius 2 is 1.73 bits per heavy atom. The van der Waals surface area contributed by atoms with E-state index in [2.05, 4.69) is 15.5 Å². The Morgan fingerprint density at radius 3 is 2.42 bits per heavy atom. The second-order valence-corrected chi connectivity index (χ2v) is 7.77. The number of benzene rings is 2. The molecular formula is C18H17N3O4S. The number of rotatable bonds is 6. The third-order valence-corrected chi connectivity index (χ3v) is 5.23. The summed E-state index contributed by atoms with van der Waals surface area (Å²) in [7, 11) is -3.59. The molecule has 0 saturated carbocycles. The Balaban J connectivity index is 1.62. The number of sulfone groups is 1. The first-order chi connectivity index (χ1) is 12.4. The Labute approximate surface area is 151 Å². The molecule has 2 aromatic carbocycles. The van der Waals surface area contributed by atoms with Crippen LogP contribution in [0.2, 0.25) is 0 Å². The maximum atomic E-state index is 12.3. The summed E-state index contributed by atoms with van der Waals surface area (Å²) in [5, 5.41) is 9.84. The van der Waals surface area contributed by atoms with E-state index in [9.17, 15) is 13.2 Å². The lowest BCUT2D eigenvalue weighted by Crippen LogP contribution is -2.14. The SMILES string of the molecule is Cc1ccc(CC(=O)Nc2nnc(CS(=O)(=O)c3ccccc3)o2)cc1. The van der Waals surface area contributed by atoms with Crippen LogP contribution in [0.15, 0.2) is 63.9 Å². The average Bonchev–Trinajstić information content (AvgIpc) is 3.03. The zero-order valence-corrected chi connectivity index (χ0v) is 14.9. The van der Waals surface area contributed by atoms with Crippen molar-refractivity contribution in [1.82, 2.24) is 10.2 Å². The maximum Gasteiger partial charge on any atom is 0.322 e. The van der Waals surface area contributed by atoms with Crippen molar-refractivity contribution < 1.29 is 17.6 Å². The van der Waals surface area contributed by atoms with E-state index >= 15 is 0 Å². The van der Waals surface area contributed by atoms with Gasteiger partial charge in [0.05, 0.1) is 11.3 Å². The second kappa shape index (κ2) is 7.49. The van der Waals surface area contributed by atoms with E-state index in [4.69, 9.17) is 4.42 Å². The highest BCUT2D eigenvalue weighted by Crippen LogP contribution is 2.16. The monoisotopic (exact) mass is 371 g/mol. The molecule has 0 spiro atoms. The molecular weight excluding hydrogens is 354 g/mol. The van der Waals surface area contributed by atoms with Crippen LogP contribution in [-0.2, 0) is 26.8 Å². The molecule has 8 heteroatoms. The van der Waals surface area contributed by atoms with E-state index in [1.165, 1.54) is 12.1 Å². The molecule has 0 aliphatic rings. The fourth-order valence-corrected chi connectivity index (χ4v) is 3.47. The first-order valence-electron chi connectivity index (χ1n) is 7.88. The number of hydrogen-bond donors (Lipinski definition) is 1. The highest BCUT2D eigenvalue weighted by molar-refractivity contribution is 7.90. The van der Waals surface area contributed by atoms with E-state index in [1.807, 2.05) is 31.2 Å². The third-order valence-electron chi connectivity index (χ3n) is 3.61. The van der Waals surface area contributed by atoms with Gasteiger partial charge in [0.2, 0.25) is 11.8 Å². The highest BCUT2D eigenvalue weighted by atomic mass is 32.2. The number of nitrogens with one attached hydrogen (secondary N) is 1. The Hall–Kier alpha value is -3.00. The lowest BCUT2D eigenvalue weighted by molar-refractivity contribution is -0.115. The van der Waals surface area contributed by atoms with E-state index < -0.39 is 15.6 Å². The first kappa shape index (κ1) is 17.8. The van der Waals surface area contributed by atoms with Crippen LogP contribution in [0.25, 0.3) is 0 Å². The topological polar surface area (TPSA) is 102 Å². The molecule has 134 valence electrons. The van der Waals surface area contributed by atoms with Crippen molar-refractivity contribution in [1.29, 1.82) is 0 Å². The molecule has 3 rings (SSSR count). The molecule has 0 saturated heterocycles. The molecule has 0 radical (unpaired) electrons. The van der Waals surface area contributed by atoms with Gasteiger partial charge in [-0.15, -0.1) is 5.10 Å². The van der Waals surface area contributed by atoms with Crippen LogP contribution in [-0.4, -0.2) is 24.5 Å². The minimum Gasteiger partial charge on any atom is -0.407 e. The van der Waals surface area contributed by atoms with Crippen LogP contribution in [0, 0.1) is 6.92 Å². The summed E-state index contributed by atoms with van der Waals surface area (Å²) >= 11 is 0. The second-order valence-electron chi connectivity index (χ2n) is 5.78. The number of amides is 1. The molecule has 0 fully saturated rings. The molecule has 3 aromatic rings. The molecule has 1 heterocycles. The average molecular weight is 371 g/mol. The fourth-order valence-electron chi connectivity index (χ4n) is 2.29. The van der Waals surface area contributed by atoms with Gasteiger partial charge in [-0.3, -0.25) is 10.1 Å². The summed E-state index contributed by atoms with van der Waals surface area (Å²) < 4.78 is 29.8. The smallest absolute Gasteiger partial charge is 0.322 e.